The van der Waals surface area contributed by atoms with Crippen LogP contribution in [0, 0.1) is 16.2 Å². The highest BCUT2D eigenvalue weighted by atomic mass is 32.1. The molecule has 0 rings (SSSR count). The lowest BCUT2D eigenvalue weighted by Gasteiger charge is -2.27. The molecule has 258 valence electrons. The molecule has 0 heterocycles. The van der Waals surface area contributed by atoms with Crippen LogP contribution in [0.1, 0.15) is 0 Å². The highest BCUT2D eigenvalue weighted by Gasteiger charge is 2.44. The van der Waals surface area contributed by atoms with Gasteiger partial charge in [0.25, 0.3) is 0 Å². The van der Waals surface area contributed by atoms with Crippen LogP contribution in [0.15, 0.2) is 0 Å². The lowest BCUT2D eigenvalue weighted by atomic mass is 9.93. The van der Waals surface area contributed by atoms with Gasteiger partial charge in [-0.1, -0.05) is 0 Å². The summed E-state index contributed by atoms with van der Waals surface area (Å²) in [7, 11) is -19.8. The number of aliphatic hydroxyl groups excluding tert-OH is 9. The van der Waals surface area contributed by atoms with E-state index in [0.29, 0.717) is 0 Å². The Kier molecular flexibility index (Phi) is 22.5. The lowest BCUT2D eigenvalue weighted by Crippen LogP contribution is -2.38. The molecule has 0 aliphatic rings. The Hall–Kier alpha value is 0.160. The van der Waals surface area contributed by atoms with Crippen LogP contribution in [0.25, 0.3) is 0 Å². The first kappa shape index (κ1) is 46.6. The maximum Gasteiger partial charge on any atom is 0.469 e. The molecular weight excluding hydrogens is 672 g/mol. The zero-order valence-electron chi connectivity index (χ0n) is 21.8. The molecule has 0 aromatic carbocycles. The summed E-state index contributed by atoms with van der Waals surface area (Å²) in [6.07, 6.45) is 0. The second-order valence-electron chi connectivity index (χ2n) is 8.73. The summed E-state index contributed by atoms with van der Waals surface area (Å²) in [4.78, 5) is 59.0. The molecule has 0 fully saturated rings. The monoisotopic (exact) mass is 712 g/mol. The quantitative estimate of drug-likeness (QED) is 0.0555. The molecule has 1 unspecified atom stereocenters. The van der Waals surface area contributed by atoms with Crippen molar-refractivity contribution in [3.05, 3.63) is 0 Å². The molecule has 0 bridgehead atoms. The van der Waals surface area contributed by atoms with Crippen molar-refractivity contribution < 1.29 is 112 Å². The van der Waals surface area contributed by atoms with Gasteiger partial charge in [0, 0.05) is 0 Å². The summed E-state index contributed by atoms with van der Waals surface area (Å²) in [5.74, 6) is 0. The van der Waals surface area contributed by atoms with E-state index in [1.165, 1.54) is 0 Å². The summed E-state index contributed by atoms with van der Waals surface area (Å²) in [6.45, 7) is -8.17. The van der Waals surface area contributed by atoms with E-state index in [4.69, 9.17) is 80.2 Å². The fourth-order valence-electron chi connectivity index (χ4n) is 1.60. The van der Waals surface area contributed by atoms with Crippen molar-refractivity contribution in [1.29, 1.82) is 0 Å². The molecule has 0 amide bonds. The molecule has 42 heavy (non-hydrogen) atoms. The van der Waals surface area contributed by atoms with Crippen LogP contribution in [0.4, 0.5) is 0 Å². The fraction of sp³-hybridized carbons (Fsp3) is 1.00. The molecule has 0 aromatic heterocycles. The van der Waals surface area contributed by atoms with Crippen LogP contribution in [0.2, 0.25) is 0 Å². The average molecular weight is 712 g/mol. The maximum absolute atomic E-state index is 11.0. The van der Waals surface area contributed by atoms with Gasteiger partial charge in [-0.2, -0.15) is 0 Å². The van der Waals surface area contributed by atoms with Crippen molar-refractivity contribution in [2.45, 2.75) is 0 Å². The van der Waals surface area contributed by atoms with E-state index in [0.717, 1.165) is 0 Å². The van der Waals surface area contributed by atoms with Gasteiger partial charge in [-0.3, -0.25) is 13.6 Å². The largest absolute Gasteiger partial charge is 0.469 e. The second kappa shape index (κ2) is 20.3. The summed E-state index contributed by atoms with van der Waals surface area (Å²) in [5.41, 5.74) is -4.46. The molecule has 0 spiro atoms. The number of phosphoric acid groups is 2. The SMILES string of the molecule is O=P(O)(O)OCC(CO)(CO)CO.O=P(O)(O)OCC(CO)(CO)CO.O=P(O)(O)P(=O)(O)OCC(CO)(CO)CO. The maximum atomic E-state index is 11.0. The molecule has 0 saturated carbocycles. The van der Waals surface area contributed by atoms with Crippen LogP contribution in [-0.2, 0) is 31.8 Å². The first-order valence-corrected chi connectivity index (χ1v) is 17.8. The van der Waals surface area contributed by atoms with E-state index >= 15 is 0 Å². The van der Waals surface area contributed by atoms with E-state index in [1.807, 2.05) is 0 Å². The van der Waals surface area contributed by atoms with Crippen molar-refractivity contribution in [3.63, 3.8) is 0 Å². The minimum absolute atomic E-state index is 0.610. The first-order valence-electron chi connectivity index (χ1n) is 10.8. The van der Waals surface area contributed by atoms with Gasteiger partial charge in [0.05, 0.1) is 95.5 Å². The van der Waals surface area contributed by atoms with Gasteiger partial charge >= 0.3 is 30.2 Å². The van der Waals surface area contributed by atoms with Gasteiger partial charge in [0.15, 0.2) is 0 Å². The smallest absolute Gasteiger partial charge is 0.396 e. The van der Waals surface area contributed by atoms with Gasteiger partial charge in [0.1, 0.15) is 0 Å². The summed E-state index contributed by atoms with van der Waals surface area (Å²) >= 11 is 0. The Morgan fingerprint density at radius 2 is 0.571 bits per heavy atom. The van der Waals surface area contributed by atoms with Crippen LogP contribution in [0.3, 0.4) is 0 Å². The van der Waals surface area contributed by atoms with E-state index in [9.17, 15) is 18.3 Å². The molecular formula is C15H40O23P4. The zero-order chi connectivity index (χ0) is 34.1. The Labute approximate surface area is 238 Å². The van der Waals surface area contributed by atoms with Crippen molar-refractivity contribution in [1.82, 2.24) is 0 Å². The lowest BCUT2D eigenvalue weighted by molar-refractivity contribution is -0.0325. The van der Waals surface area contributed by atoms with Crippen molar-refractivity contribution >= 4 is 30.2 Å². The third kappa shape index (κ3) is 18.8. The van der Waals surface area contributed by atoms with Crippen LogP contribution in [-0.4, -0.2) is 159 Å². The Balaban J connectivity index is -0.000000548. The van der Waals surface area contributed by atoms with Gasteiger partial charge in [-0.05, 0) is 0 Å². The Bertz CT molecular complexity index is 833. The minimum Gasteiger partial charge on any atom is -0.396 e. The predicted octanol–water partition coefficient (Wildman–Crippen LogP) is -5.64. The average Bonchev–Trinajstić information content (AvgIpc) is 2.91. The third-order valence-electron chi connectivity index (χ3n) is 4.96. The Morgan fingerprint density at radius 3 is 0.714 bits per heavy atom. The summed E-state index contributed by atoms with van der Waals surface area (Å²) < 4.78 is 54.2. The zero-order valence-corrected chi connectivity index (χ0v) is 25.4. The summed E-state index contributed by atoms with van der Waals surface area (Å²) in [6, 6.07) is 0. The molecule has 27 heteroatoms. The van der Waals surface area contributed by atoms with Gasteiger partial charge in [0.2, 0.25) is 0 Å². The number of phosphoric ester groups is 2. The Morgan fingerprint density at radius 1 is 0.381 bits per heavy atom. The predicted molar refractivity (Wildman–Crippen MR) is 135 cm³/mol. The molecule has 16 N–H and O–H groups in total. The van der Waals surface area contributed by atoms with E-state index in [1.54, 1.807) is 0 Å². The topological polar surface area (TPSA) is 420 Å². The van der Waals surface area contributed by atoms with Crippen LogP contribution < -0.4 is 0 Å². The standard InChI is InChI=1S/C5H14O9P2.2C5H13O7P/c6-1-5(2-7,3-8)4-14-16(12,13)15(9,10)11;2*6-1-5(2-7,3-8)4-12-13(9,10)11/h6-8H,1-4H2,(H,12,13)(H2,9,10,11);2*6-8H,1-4H2,(H2,9,10,11). The fourth-order valence-corrected chi connectivity index (χ4v) is 3.70. The molecule has 0 aliphatic carbocycles. The van der Waals surface area contributed by atoms with Gasteiger partial charge < -0.3 is 80.2 Å². The molecule has 1 atom stereocenters. The number of aliphatic hydroxyl groups is 9. The highest BCUT2D eigenvalue weighted by Crippen LogP contribution is 2.75. The van der Waals surface area contributed by atoms with Crippen molar-refractivity contribution in [2.75, 3.05) is 79.3 Å². The van der Waals surface area contributed by atoms with Crippen LogP contribution in [0.5, 0.6) is 0 Å². The van der Waals surface area contributed by atoms with Crippen molar-refractivity contribution in [3.8, 4) is 0 Å². The normalized spacial score (nSPS) is 14.8. The molecule has 23 nitrogen and oxygen atoms in total. The minimum atomic E-state index is -5.34. The highest BCUT2D eigenvalue weighted by molar-refractivity contribution is 8.26. The number of hydrogen-bond acceptors (Lipinski definition) is 16. The van der Waals surface area contributed by atoms with E-state index < -0.39 is 126 Å². The second-order valence-corrected chi connectivity index (χ2v) is 16.6. The molecule has 0 radical (unpaired) electrons. The number of hydrogen-bond donors (Lipinski definition) is 16. The molecule has 0 saturated heterocycles. The molecule has 0 aromatic rings. The first-order chi connectivity index (χ1) is 18.9. The van der Waals surface area contributed by atoms with Crippen LogP contribution >= 0.6 is 30.2 Å². The van der Waals surface area contributed by atoms with E-state index in [-0.39, 0.29) is 0 Å². The van der Waals surface area contributed by atoms with Gasteiger partial charge in [-0.15, -0.1) is 0 Å². The van der Waals surface area contributed by atoms with E-state index in [2.05, 4.69) is 13.6 Å². The number of rotatable bonds is 19. The van der Waals surface area contributed by atoms with Crippen molar-refractivity contribution in [2.24, 2.45) is 16.2 Å². The molecule has 0 aliphatic heterocycles. The third-order valence-corrected chi connectivity index (χ3v) is 9.34. The van der Waals surface area contributed by atoms with Gasteiger partial charge in [-0.25, -0.2) is 18.3 Å². The summed E-state index contributed by atoms with van der Waals surface area (Å²) in [5, 5.41) is 78.8.